The summed E-state index contributed by atoms with van der Waals surface area (Å²) in [6.45, 7) is 2.61. The molecule has 0 aliphatic rings. The molecule has 0 aliphatic heterocycles. The van der Waals surface area contributed by atoms with Crippen LogP contribution in [0.1, 0.15) is 31.7 Å². The van der Waals surface area contributed by atoms with E-state index >= 15 is 0 Å². The Kier molecular flexibility index (Phi) is 5.40. The fraction of sp³-hybridized carbons (Fsp3) is 0.462. The number of carbonyl (C=O) groups is 1. The molecule has 16 heavy (non-hydrogen) atoms. The second kappa shape index (κ2) is 6.88. The third kappa shape index (κ3) is 3.93. The molecule has 0 unspecified atom stereocenters. The Labute approximate surface area is 96.8 Å². The quantitative estimate of drug-likeness (QED) is 0.801. The standard InChI is InChI=1S/C13H19NO2/c1-3-4-9-13(15)14-10-11-7-5-6-8-12(11)16-2/h5-8H,3-4,9-10H2,1-2H3,(H,14,15). The molecule has 0 aliphatic carbocycles. The van der Waals surface area contributed by atoms with E-state index in [2.05, 4.69) is 12.2 Å². The third-order valence-corrected chi connectivity index (χ3v) is 2.43. The molecule has 0 saturated carbocycles. The van der Waals surface area contributed by atoms with Crippen LogP contribution in [0.5, 0.6) is 5.75 Å². The highest BCUT2D eigenvalue weighted by atomic mass is 16.5. The van der Waals surface area contributed by atoms with Gasteiger partial charge < -0.3 is 10.1 Å². The zero-order chi connectivity index (χ0) is 11.8. The Morgan fingerprint density at radius 1 is 1.38 bits per heavy atom. The number of hydrogen-bond donors (Lipinski definition) is 1. The molecular weight excluding hydrogens is 202 g/mol. The van der Waals surface area contributed by atoms with E-state index in [-0.39, 0.29) is 5.91 Å². The molecule has 1 aromatic carbocycles. The van der Waals surface area contributed by atoms with Crippen LogP contribution in [0.2, 0.25) is 0 Å². The monoisotopic (exact) mass is 221 g/mol. The number of unbranched alkanes of at least 4 members (excludes halogenated alkanes) is 1. The third-order valence-electron chi connectivity index (χ3n) is 2.43. The summed E-state index contributed by atoms with van der Waals surface area (Å²) >= 11 is 0. The van der Waals surface area contributed by atoms with Crippen LogP contribution in [0.15, 0.2) is 24.3 Å². The van der Waals surface area contributed by atoms with E-state index in [1.54, 1.807) is 7.11 Å². The maximum Gasteiger partial charge on any atom is 0.220 e. The van der Waals surface area contributed by atoms with E-state index in [1.807, 2.05) is 24.3 Å². The van der Waals surface area contributed by atoms with Crippen molar-refractivity contribution >= 4 is 5.91 Å². The van der Waals surface area contributed by atoms with Crippen LogP contribution in [-0.2, 0) is 11.3 Å². The molecule has 0 aromatic heterocycles. The Bertz CT molecular complexity index is 336. The lowest BCUT2D eigenvalue weighted by Gasteiger charge is -2.09. The van der Waals surface area contributed by atoms with Crippen molar-refractivity contribution < 1.29 is 9.53 Å². The summed E-state index contributed by atoms with van der Waals surface area (Å²) in [4.78, 5) is 11.4. The SMILES string of the molecule is CCCCC(=O)NCc1ccccc1OC. The first-order chi connectivity index (χ1) is 7.77. The van der Waals surface area contributed by atoms with Crippen LogP contribution in [0, 0.1) is 0 Å². The minimum atomic E-state index is 0.104. The minimum Gasteiger partial charge on any atom is -0.496 e. The molecule has 0 heterocycles. The molecule has 0 saturated heterocycles. The van der Waals surface area contributed by atoms with Gasteiger partial charge in [-0.25, -0.2) is 0 Å². The summed E-state index contributed by atoms with van der Waals surface area (Å²) in [7, 11) is 1.64. The molecule has 1 N–H and O–H groups in total. The highest BCUT2D eigenvalue weighted by Crippen LogP contribution is 2.16. The summed E-state index contributed by atoms with van der Waals surface area (Å²) < 4.78 is 5.21. The molecule has 0 atom stereocenters. The Hall–Kier alpha value is -1.51. The largest absolute Gasteiger partial charge is 0.496 e. The van der Waals surface area contributed by atoms with Gasteiger partial charge in [-0.15, -0.1) is 0 Å². The van der Waals surface area contributed by atoms with E-state index in [0.717, 1.165) is 24.2 Å². The van der Waals surface area contributed by atoms with Crippen LogP contribution in [-0.4, -0.2) is 13.0 Å². The van der Waals surface area contributed by atoms with Crippen molar-refractivity contribution in [1.82, 2.24) is 5.32 Å². The van der Waals surface area contributed by atoms with Gasteiger partial charge in [-0.3, -0.25) is 4.79 Å². The van der Waals surface area contributed by atoms with Crippen molar-refractivity contribution in [2.45, 2.75) is 32.7 Å². The average molecular weight is 221 g/mol. The van der Waals surface area contributed by atoms with Gasteiger partial charge >= 0.3 is 0 Å². The predicted octanol–water partition coefficient (Wildman–Crippen LogP) is 2.50. The lowest BCUT2D eigenvalue weighted by molar-refractivity contribution is -0.121. The van der Waals surface area contributed by atoms with E-state index in [9.17, 15) is 4.79 Å². The minimum absolute atomic E-state index is 0.104. The normalized spacial score (nSPS) is 9.88. The van der Waals surface area contributed by atoms with Crippen molar-refractivity contribution in [1.29, 1.82) is 0 Å². The fourth-order valence-corrected chi connectivity index (χ4v) is 1.47. The zero-order valence-electron chi connectivity index (χ0n) is 9.95. The number of methoxy groups -OCH3 is 1. The molecule has 0 bridgehead atoms. The van der Waals surface area contributed by atoms with Gasteiger partial charge in [-0.2, -0.15) is 0 Å². The Morgan fingerprint density at radius 3 is 2.81 bits per heavy atom. The predicted molar refractivity (Wildman–Crippen MR) is 64.4 cm³/mol. The first-order valence-corrected chi connectivity index (χ1v) is 5.66. The van der Waals surface area contributed by atoms with Crippen LogP contribution in [0.3, 0.4) is 0 Å². The second-order valence-corrected chi connectivity index (χ2v) is 3.69. The number of rotatable bonds is 6. The summed E-state index contributed by atoms with van der Waals surface area (Å²) in [6, 6.07) is 7.71. The van der Waals surface area contributed by atoms with Gasteiger partial charge in [0.15, 0.2) is 0 Å². The smallest absolute Gasteiger partial charge is 0.220 e. The highest BCUT2D eigenvalue weighted by molar-refractivity contribution is 5.75. The lowest BCUT2D eigenvalue weighted by atomic mass is 10.2. The zero-order valence-corrected chi connectivity index (χ0v) is 9.95. The molecule has 0 spiro atoms. The summed E-state index contributed by atoms with van der Waals surface area (Å²) in [5.74, 6) is 0.922. The number of carbonyl (C=O) groups excluding carboxylic acids is 1. The molecule has 3 nitrogen and oxygen atoms in total. The number of hydrogen-bond acceptors (Lipinski definition) is 2. The summed E-state index contributed by atoms with van der Waals surface area (Å²) in [5.41, 5.74) is 1.01. The van der Waals surface area contributed by atoms with Gasteiger partial charge in [-0.1, -0.05) is 31.5 Å². The van der Waals surface area contributed by atoms with E-state index < -0.39 is 0 Å². The van der Waals surface area contributed by atoms with Crippen LogP contribution in [0.4, 0.5) is 0 Å². The molecule has 1 rings (SSSR count). The van der Waals surface area contributed by atoms with Crippen LogP contribution in [0.25, 0.3) is 0 Å². The summed E-state index contributed by atoms with van der Waals surface area (Å²) in [5, 5.41) is 2.89. The second-order valence-electron chi connectivity index (χ2n) is 3.69. The number of ether oxygens (including phenoxy) is 1. The van der Waals surface area contributed by atoms with Gasteiger partial charge in [0.05, 0.1) is 7.11 Å². The van der Waals surface area contributed by atoms with E-state index in [1.165, 1.54) is 0 Å². The molecule has 1 aromatic rings. The molecule has 88 valence electrons. The maximum absolute atomic E-state index is 11.4. The molecule has 1 amide bonds. The van der Waals surface area contributed by atoms with Gasteiger partial charge in [0.2, 0.25) is 5.91 Å². The average Bonchev–Trinajstić information content (AvgIpc) is 2.34. The molecule has 0 fully saturated rings. The van der Waals surface area contributed by atoms with Crippen molar-refractivity contribution in [3.05, 3.63) is 29.8 Å². The van der Waals surface area contributed by atoms with Crippen molar-refractivity contribution in [2.24, 2.45) is 0 Å². The molecular formula is C13H19NO2. The number of benzene rings is 1. The number of nitrogens with one attached hydrogen (secondary N) is 1. The molecule has 0 radical (unpaired) electrons. The van der Waals surface area contributed by atoms with Crippen molar-refractivity contribution in [3.8, 4) is 5.75 Å². The maximum atomic E-state index is 11.4. The van der Waals surface area contributed by atoms with Gasteiger partial charge in [0.25, 0.3) is 0 Å². The van der Waals surface area contributed by atoms with Crippen molar-refractivity contribution in [2.75, 3.05) is 7.11 Å². The summed E-state index contributed by atoms with van der Waals surface area (Å²) in [6.07, 6.45) is 2.59. The van der Waals surface area contributed by atoms with Gasteiger partial charge in [0, 0.05) is 18.5 Å². The molecule has 3 heteroatoms. The Balaban J connectivity index is 2.44. The van der Waals surface area contributed by atoms with Gasteiger partial charge in [0.1, 0.15) is 5.75 Å². The number of para-hydroxylation sites is 1. The first kappa shape index (κ1) is 12.6. The Morgan fingerprint density at radius 2 is 2.12 bits per heavy atom. The highest BCUT2D eigenvalue weighted by Gasteiger charge is 2.04. The van der Waals surface area contributed by atoms with Crippen molar-refractivity contribution in [3.63, 3.8) is 0 Å². The van der Waals surface area contributed by atoms with Crippen LogP contribution < -0.4 is 10.1 Å². The first-order valence-electron chi connectivity index (χ1n) is 5.66. The number of amides is 1. The van der Waals surface area contributed by atoms with E-state index in [4.69, 9.17) is 4.74 Å². The lowest BCUT2D eigenvalue weighted by Crippen LogP contribution is -2.22. The van der Waals surface area contributed by atoms with Gasteiger partial charge in [-0.05, 0) is 12.5 Å². The van der Waals surface area contributed by atoms with Crippen LogP contribution >= 0.6 is 0 Å². The fourth-order valence-electron chi connectivity index (χ4n) is 1.47. The van der Waals surface area contributed by atoms with E-state index in [0.29, 0.717) is 13.0 Å². The topological polar surface area (TPSA) is 38.3 Å².